The first-order valence-corrected chi connectivity index (χ1v) is 5.94. The minimum Gasteiger partial charge on any atom is -0.466 e. The van der Waals surface area contributed by atoms with Crippen molar-refractivity contribution in [1.29, 1.82) is 0 Å². The molecule has 0 bridgehead atoms. The molecule has 0 aliphatic heterocycles. The second-order valence-corrected chi connectivity index (χ2v) is 5.24. The molecule has 16 heavy (non-hydrogen) atoms. The van der Waals surface area contributed by atoms with Crippen LogP contribution in [0.4, 0.5) is 0 Å². The lowest BCUT2D eigenvalue weighted by Gasteiger charge is -1.99. The van der Waals surface area contributed by atoms with Crippen LogP contribution in [0, 0.1) is 5.92 Å². The molecule has 0 radical (unpaired) electrons. The average Bonchev–Trinajstić information content (AvgIpc) is 2.83. The molecule has 1 saturated carbocycles. The monoisotopic (exact) mass is 258 g/mol. The van der Waals surface area contributed by atoms with E-state index in [1.54, 1.807) is 6.92 Å². The molecular formula is C12H12Cl2O2. The van der Waals surface area contributed by atoms with E-state index in [9.17, 15) is 4.79 Å². The van der Waals surface area contributed by atoms with E-state index >= 15 is 0 Å². The summed E-state index contributed by atoms with van der Waals surface area (Å²) >= 11 is 12.2. The first-order chi connectivity index (χ1) is 7.59. The van der Waals surface area contributed by atoms with E-state index < -0.39 is 10.3 Å². The molecular weight excluding hydrogens is 247 g/mol. The fourth-order valence-electron chi connectivity index (χ4n) is 1.93. The van der Waals surface area contributed by atoms with Crippen LogP contribution in [-0.2, 0) is 9.53 Å². The van der Waals surface area contributed by atoms with Gasteiger partial charge in [0, 0.05) is 5.92 Å². The molecule has 1 aromatic rings. The van der Waals surface area contributed by atoms with E-state index in [0.717, 1.165) is 5.56 Å². The van der Waals surface area contributed by atoms with Crippen molar-refractivity contribution in [3.05, 3.63) is 35.9 Å². The molecule has 86 valence electrons. The van der Waals surface area contributed by atoms with E-state index in [4.69, 9.17) is 27.9 Å². The fraction of sp³-hybridized carbons (Fsp3) is 0.417. The number of esters is 1. The van der Waals surface area contributed by atoms with Gasteiger partial charge in [0.25, 0.3) is 0 Å². The second kappa shape index (κ2) is 4.27. The minimum atomic E-state index is -1.02. The van der Waals surface area contributed by atoms with Crippen LogP contribution in [-0.4, -0.2) is 16.9 Å². The fourth-order valence-corrected chi connectivity index (χ4v) is 2.74. The Bertz CT molecular complexity index is 389. The van der Waals surface area contributed by atoms with E-state index in [1.165, 1.54) is 0 Å². The van der Waals surface area contributed by atoms with Gasteiger partial charge in [0.1, 0.15) is 10.3 Å². The van der Waals surface area contributed by atoms with Crippen molar-refractivity contribution in [1.82, 2.24) is 0 Å². The molecule has 1 aromatic carbocycles. The number of hydrogen-bond acceptors (Lipinski definition) is 2. The van der Waals surface area contributed by atoms with Crippen LogP contribution in [0.15, 0.2) is 30.3 Å². The van der Waals surface area contributed by atoms with Crippen LogP contribution >= 0.6 is 23.2 Å². The molecule has 2 nitrogen and oxygen atoms in total. The zero-order valence-electron chi connectivity index (χ0n) is 8.82. The maximum Gasteiger partial charge on any atom is 0.312 e. The molecule has 0 spiro atoms. The van der Waals surface area contributed by atoms with Crippen molar-refractivity contribution in [2.24, 2.45) is 5.92 Å². The van der Waals surface area contributed by atoms with Gasteiger partial charge < -0.3 is 4.74 Å². The molecule has 0 saturated heterocycles. The standard InChI is InChI=1S/C12H12Cl2O2/c1-2-16-11(15)10-9(12(10,13)14)8-6-4-3-5-7-8/h3-7,9-10H,2H2,1H3/t9-,10+/m0/s1. The third-order valence-corrected chi connectivity index (χ3v) is 3.69. The Labute approximate surface area is 104 Å². The second-order valence-electron chi connectivity index (χ2n) is 3.79. The van der Waals surface area contributed by atoms with Gasteiger partial charge in [-0.05, 0) is 12.5 Å². The molecule has 0 heterocycles. The van der Waals surface area contributed by atoms with Gasteiger partial charge in [-0.1, -0.05) is 53.5 Å². The van der Waals surface area contributed by atoms with Crippen molar-refractivity contribution < 1.29 is 9.53 Å². The number of halogens is 2. The predicted molar refractivity (Wildman–Crippen MR) is 63.7 cm³/mol. The first kappa shape index (κ1) is 11.7. The molecule has 0 amide bonds. The van der Waals surface area contributed by atoms with Gasteiger partial charge >= 0.3 is 5.97 Å². The number of hydrogen-bond donors (Lipinski definition) is 0. The summed E-state index contributed by atoms with van der Waals surface area (Å²) in [7, 11) is 0. The quantitative estimate of drug-likeness (QED) is 0.615. The molecule has 0 unspecified atom stereocenters. The van der Waals surface area contributed by atoms with Gasteiger partial charge in [0.15, 0.2) is 0 Å². The van der Waals surface area contributed by atoms with E-state index in [0.29, 0.717) is 6.61 Å². The average molecular weight is 259 g/mol. The third kappa shape index (κ3) is 1.92. The Hall–Kier alpha value is -0.730. The smallest absolute Gasteiger partial charge is 0.312 e. The summed E-state index contributed by atoms with van der Waals surface area (Å²) in [5.74, 6) is -0.921. The van der Waals surface area contributed by atoms with E-state index in [1.807, 2.05) is 30.3 Å². The van der Waals surface area contributed by atoms with Crippen molar-refractivity contribution in [3.8, 4) is 0 Å². The first-order valence-electron chi connectivity index (χ1n) is 5.18. The van der Waals surface area contributed by atoms with Crippen LogP contribution in [0.3, 0.4) is 0 Å². The van der Waals surface area contributed by atoms with Gasteiger partial charge in [-0.3, -0.25) is 4.79 Å². The van der Waals surface area contributed by atoms with Gasteiger partial charge in [0.05, 0.1) is 6.61 Å². The number of benzene rings is 1. The summed E-state index contributed by atoms with van der Waals surface area (Å²) in [6, 6.07) is 9.56. The summed E-state index contributed by atoms with van der Waals surface area (Å²) in [6.45, 7) is 2.11. The molecule has 1 fully saturated rings. The number of alkyl halides is 2. The van der Waals surface area contributed by atoms with Crippen molar-refractivity contribution in [2.75, 3.05) is 6.61 Å². The van der Waals surface area contributed by atoms with Crippen LogP contribution in [0.5, 0.6) is 0 Å². The van der Waals surface area contributed by atoms with Crippen LogP contribution in [0.25, 0.3) is 0 Å². The van der Waals surface area contributed by atoms with Gasteiger partial charge in [-0.25, -0.2) is 0 Å². The molecule has 2 rings (SSSR count). The zero-order chi connectivity index (χ0) is 11.8. The van der Waals surface area contributed by atoms with Gasteiger partial charge in [-0.2, -0.15) is 0 Å². The third-order valence-electron chi connectivity index (χ3n) is 2.75. The molecule has 1 aliphatic rings. The zero-order valence-corrected chi connectivity index (χ0v) is 10.3. The highest BCUT2D eigenvalue weighted by Crippen LogP contribution is 2.65. The van der Waals surface area contributed by atoms with E-state index in [2.05, 4.69) is 0 Å². The Morgan fingerprint density at radius 2 is 2.00 bits per heavy atom. The maximum absolute atomic E-state index is 11.6. The normalized spacial score (nSPS) is 26.2. The predicted octanol–water partition coefficient (Wildman–Crippen LogP) is 3.14. The SMILES string of the molecule is CCOC(=O)[C@H]1[C@H](c2ccccc2)C1(Cl)Cl. The van der Waals surface area contributed by atoms with Gasteiger partial charge in [-0.15, -0.1) is 0 Å². The Balaban J connectivity index is 2.17. The lowest BCUT2D eigenvalue weighted by atomic mass is 10.1. The minimum absolute atomic E-state index is 0.156. The molecule has 0 aromatic heterocycles. The molecule has 2 atom stereocenters. The lowest BCUT2D eigenvalue weighted by molar-refractivity contribution is -0.144. The van der Waals surface area contributed by atoms with Crippen LogP contribution in [0.2, 0.25) is 0 Å². The topological polar surface area (TPSA) is 26.3 Å². The van der Waals surface area contributed by atoms with E-state index in [-0.39, 0.29) is 11.9 Å². The number of carbonyl (C=O) groups excluding carboxylic acids is 1. The summed E-state index contributed by atoms with van der Waals surface area (Å²) in [6.07, 6.45) is 0. The van der Waals surface area contributed by atoms with Crippen LogP contribution in [0.1, 0.15) is 18.4 Å². The summed E-state index contributed by atoms with van der Waals surface area (Å²) < 4.78 is 3.93. The van der Waals surface area contributed by atoms with Crippen molar-refractivity contribution in [2.45, 2.75) is 17.2 Å². The lowest BCUT2D eigenvalue weighted by Crippen LogP contribution is -2.10. The Morgan fingerprint density at radius 1 is 1.38 bits per heavy atom. The number of ether oxygens (including phenoxy) is 1. The molecule has 4 heteroatoms. The summed E-state index contributed by atoms with van der Waals surface area (Å²) in [5.41, 5.74) is 0.977. The van der Waals surface area contributed by atoms with Crippen LogP contribution < -0.4 is 0 Å². The summed E-state index contributed by atoms with van der Waals surface area (Å²) in [4.78, 5) is 11.6. The highest BCUT2D eigenvalue weighted by molar-refractivity contribution is 6.53. The number of rotatable bonds is 3. The number of carbonyl (C=O) groups is 1. The van der Waals surface area contributed by atoms with Crippen molar-refractivity contribution in [3.63, 3.8) is 0 Å². The Morgan fingerprint density at radius 3 is 2.56 bits per heavy atom. The van der Waals surface area contributed by atoms with Gasteiger partial charge in [0.2, 0.25) is 0 Å². The van der Waals surface area contributed by atoms with Crippen molar-refractivity contribution >= 4 is 29.2 Å². The molecule has 1 aliphatic carbocycles. The highest BCUT2D eigenvalue weighted by Gasteiger charge is 2.68. The summed E-state index contributed by atoms with van der Waals surface area (Å²) in [5, 5.41) is 0. The molecule has 0 N–H and O–H groups in total. The highest BCUT2D eigenvalue weighted by atomic mass is 35.5. The Kier molecular flexibility index (Phi) is 3.13. The largest absolute Gasteiger partial charge is 0.466 e. The maximum atomic E-state index is 11.6.